The Labute approximate surface area is 143 Å². The molecule has 0 N–H and O–H groups in total. The first-order valence-corrected chi connectivity index (χ1v) is 8.27. The molecule has 0 radical (unpaired) electrons. The van der Waals surface area contributed by atoms with Crippen molar-refractivity contribution in [2.75, 3.05) is 0 Å². The van der Waals surface area contributed by atoms with Crippen molar-refractivity contribution in [2.24, 2.45) is 7.05 Å². The first-order valence-electron chi connectivity index (χ1n) is 8.27. The monoisotopic (exact) mass is 324 g/mol. The fraction of sp³-hybridized carbons (Fsp3) is 0.300. The van der Waals surface area contributed by atoms with Gasteiger partial charge in [-0.25, -0.2) is 9.13 Å². The van der Waals surface area contributed by atoms with Gasteiger partial charge in [-0.05, 0) is 22.8 Å². The number of carbonyl (C=O) groups is 1. The summed E-state index contributed by atoms with van der Waals surface area (Å²) in [6, 6.07) is 13.4. The zero-order valence-electron chi connectivity index (χ0n) is 14.3. The van der Waals surface area contributed by atoms with E-state index in [0.29, 0.717) is 0 Å². The lowest BCUT2D eigenvalue weighted by Gasteiger charge is -2.06. The van der Waals surface area contributed by atoms with E-state index >= 15 is 0 Å². The second-order valence-corrected chi connectivity index (χ2v) is 5.86. The predicted molar refractivity (Wildman–Crippen MR) is 93.2 cm³/mol. The number of carboxylic acid groups (broad SMARTS) is 1. The Morgan fingerprint density at radius 2 is 1.92 bits per heavy atom. The van der Waals surface area contributed by atoms with Crippen LogP contribution in [0.1, 0.15) is 25.3 Å². The van der Waals surface area contributed by atoms with Crippen LogP contribution >= 0.6 is 0 Å². The van der Waals surface area contributed by atoms with Gasteiger partial charge in [0.15, 0.2) is 0 Å². The van der Waals surface area contributed by atoms with Gasteiger partial charge in [0.2, 0.25) is 6.33 Å². The molecule has 0 aliphatic heterocycles. The molecule has 3 aromatic rings. The molecule has 0 fully saturated rings. The maximum absolute atomic E-state index is 10.5. The number of hydrogen-bond donors (Lipinski definition) is 0. The summed E-state index contributed by atoms with van der Waals surface area (Å²) in [7, 11) is 2.04. The molecule has 0 amide bonds. The van der Waals surface area contributed by atoms with Crippen LogP contribution < -0.4 is 9.67 Å². The molecule has 4 heteroatoms. The van der Waals surface area contributed by atoms with Gasteiger partial charge in [0, 0.05) is 12.4 Å². The number of nitrogens with zero attached hydrogens (tertiary/aromatic N) is 2. The van der Waals surface area contributed by atoms with Crippen LogP contribution in [0.5, 0.6) is 0 Å². The molecule has 0 saturated heterocycles. The zero-order chi connectivity index (χ0) is 17.4. The normalized spacial score (nSPS) is 10.2. The highest BCUT2D eigenvalue weighted by molar-refractivity contribution is 5.88. The summed E-state index contributed by atoms with van der Waals surface area (Å²) in [5, 5.41) is 12.5. The summed E-state index contributed by atoms with van der Waals surface area (Å²) in [4.78, 5) is 10.5. The number of benzene rings is 2. The molecule has 24 heavy (non-hydrogen) atoms. The molecule has 0 aliphatic carbocycles. The number of aliphatic carboxylic acids is 1. The van der Waals surface area contributed by atoms with Crippen LogP contribution in [0, 0.1) is 0 Å². The Balaban J connectivity index is 0.000000185. The molecular weight excluding hydrogens is 300 g/mol. The molecule has 4 nitrogen and oxygen atoms in total. The van der Waals surface area contributed by atoms with E-state index in [4.69, 9.17) is 0 Å². The molecule has 1 heterocycles. The van der Waals surface area contributed by atoms with Gasteiger partial charge in [-0.15, -0.1) is 0 Å². The molecule has 0 saturated carbocycles. The van der Waals surface area contributed by atoms with Crippen molar-refractivity contribution in [3.63, 3.8) is 0 Å². The van der Waals surface area contributed by atoms with E-state index in [-0.39, 0.29) is 6.42 Å². The van der Waals surface area contributed by atoms with Gasteiger partial charge in [-0.3, -0.25) is 0 Å². The van der Waals surface area contributed by atoms with Gasteiger partial charge >= 0.3 is 0 Å². The van der Waals surface area contributed by atoms with E-state index in [1.54, 1.807) is 0 Å². The number of aryl methyl sites for hydroxylation is 2. The average molecular weight is 324 g/mol. The van der Waals surface area contributed by atoms with Gasteiger partial charge in [-0.1, -0.05) is 55.8 Å². The van der Waals surface area contributed by atoms with Gasteiger partial charge in [0.05, 0.1) is 13.6 Å². The van der Waals surface area contributed by atoms with Crippen molar-refractivity contribution in [1.82, 2.24) is 4.57 Å². The number of rotatable bonds is 5. The second kappa shape index (κ2) is 8.87. The Morgan fingerprint density at radius 1 is 1.17 bits per heavy atom. The van der Waals surface area contributed by atoms with Crippen molar-refractivity contribution in [2.45, 2.75) is 32.7 Å². The van der Waals surface area contributed by atoms with Crippen molar-refractivity contribution in [1.29, 1.82) is 0 Å². The van der Waals surface area contributed by atoms with E-state index in [1.165, 1.54) is 12.8 Å². The number of carboxylic acids is 1. The summed E-state index contributed by atoms with van der Waals surface area (Å²) in [5.74, 6) is -1.04. The Hall–Kier alpha value is -2.62. The molecule has 0 aliphatic rings. The van der Waals surface area contributed by atoms with Crippen LogP contribution in [0.15, 0.2) is 61.2 Å². The summed E-state index contributed by atoms with van der Waals surface area (Å²) in [6.45, 7) is 3.36. The highest BCUT2D eigenvalue weighted by Crippen LogP contribution is 2.18. The largest absolute Gasteiger partial charge is 0.550 e. The van der Waals surface area contributed by atoms with Crippen LogP contribution in [-0.2, 0) is 24.8 Å². The maximum Gasteiger partial charge on any atom is 0.243 e. The fourth-order valence-corrected chi connectivity index (χ4v) is 2.58. The molecule has 0 spiro atoms. The molecule has 3 rings (SSSR count). The Bertz CT molecular complexity index is 788. The molecule has 0 unspecified atom stereocenters. The summed E-state index contributed by atoms with van der Waals surface area (Å²) in [6.07, 6.45) is 8.79. The molecule has 1 aromatic heterocycles. The number of fused-ring (bicyclic) bond motifs is 1. The minimum atomic E-state index is -1.04. The quantitative estimate of drug-likeness (QED) is 0.676. The Morgan fingerprint density at radius 3 is 2.58 bits per heavy atom. The SMILES string of the molecule is CCCC[n+]1ccn(C)c1.O=C([O-])Cc1cccc2ccccc12. The number of carbonyl (C=O) groups excluding carboxylic acids is 1. The summed E-state index contributed by atoms with van der Waals surface area (Å²) in [5.41, 5.74) is 0.808. The minimum Gasteiger partial charge on any atom is -0.550 e. The van der Waals surface area contributed by atoms with Crippen LogP contribution in [-0.4, -0.2) is 10.5 Å². The van der Waals surface area contributed by atoms with E-state index in [0.717, 1.165) is 22.9 Å². The topological polar surface area (TPSA) is 48.9 Å². The third-order valence-corrected chi connectivity index (χ3v) is 3.81. The first-order chi connectivity index (χ1) is 11.6. The minimum absolute atomic E-state index is 0.0264. The third-order valence-electron chi connectivity index (χ3n) is 3.81. The van der Waals surface area contributed by atoms with Gasteiger partial charge in [0.1, 0.15) is 12.4 Å². The second-order valence-electron chi connectivity index (χ2n) is 5.86. The number of imidazole rings is 1. The van der Waals surface area contributed by atoms with Crippen molar-refractivity contribution >= 4 is 16.7 Å². The highest BCUT2D eigenvalue weighted by Gasteiger charge is 1.99. The number of aromatic nitrogens is 2. The lowest BCUT2D eigenvalue weighted by Crippen LogP contribution is -2.30. The first kappa shape index (κ1) is 17.7. The average Bonchev–Trinajstić information content (AvgIpc) is 2.99. The van der Waals surface area contributed by atoms with Crippen molar-refractivity contribution in [3.8, 4) is 0 Å². The summed E-state index contributed by atoms with van der Waals surface area (Å²) >= 11 is 0. The molecular formula is C20H24N2O2. The lowest BCUT2D eigenvalue weighted by atomic mass is 10.0. The van der Waals surface area contributed by atoms with Crippen molar-refractivity contribution in [3.05, 3.63) is 66.7 Å². The Kier molecular flexibility index (Phi) is 6.55. The van der Waals surface area contributed by atoms with Crippen molar-refractivity contribution < 1.29 is 14.5 Å². The van der Waals surface area contributed by atoms with Crippen LogP contribution in [0.4, 0.5) is 0 Å². The molecule has 0 atom stereocenters. The number of unbranched alkanes of at least 4 members (excludes halogenated alkanes) is 1. The van der Waals surface area contributed by atoms with Gasteiger partial charge in [-0.2, -0.15) is 0 Å². The van der Waals surface area contributed by atoms with E-state index in [2.05, 4.69) is 34.8 Å². The smallest absolute Gasteiger partial charge is 0.243 e. The standard InChI is InChI=1S/C12H10O2.C8H15N2/c13-12(14)8-10-6-3-5-9-4-1-2-7-11(9)10;1-3-4-5-10-7-6-9(2)8-10/h1-7H,8H2,(H,13,14);6-8H,3-5H2,1-2H3/q;+1/p-1. The van der Waals surface area contributed by atoms with Gasteiger partial charge < -0.3 is 9.90 Å². The van der Waals surface area contributed by atoms with Crippen LogP contribution in [0.25, 0.3) is 10.8 Å². The fourth-order valence-electron chi connectivity index (χ4n) is 2.58. The predicted octanol–water partition coefficient (Wildman–Crippen LogP) is 2.24. The molecule has 0 bridgehead atoms. The van der Waals surface area contributed by atoms with E-state index in [1.807, 2.05) is 49.5 Å². The molecule has 126 valence electrons. The highest BCUT2D eigenvalue weighted by atomic mass is 16.4. The molecule has 2 aromatic carbocycles. The van der Waals surface area contributed by atoms with Crippen LogP contribution in [0.3, 0.4) is 0 Å². The third kappa shape index (κ3) is 5.23. The zero-order valence-corrected chi connectivity index (χ0v) is 14.3. The summed E-state index contributed by atoms with van der Waals surface area (Å²) < 4.78 is 4.28. The lowest BCUT2D eigenvalue weighted by molar-refractivity contribution is -0.696. The van der Waals surface area contributed by atoms with Crippen LogP contribution in [0.2, 0.25) is 0 Å². The van der Waals surface area contributed by atoms with E-state index in [9.17, 15) is 9.90 Å². The van der Waals surface area contributed by atoms with Gasteiger partial charge in [0.25, 0.3) is 0 Å². The maximum atomic E-state index is 10.5. The van der Waals surface area contributed by atoms with E-state index < -0.39 is 5.97 Å². The number of hydrogen-bond acceptors (Lipinski definition) is 2.